The molecule has 0 aliphatic heterocycles. The molecule has 0 saturated carbocycles. The Morgan fingerprint density at radius 2 is 1.74 bits per heavy atom. The summed E-state index contributed by atoms with van der Waals surface area (Å²) in [5, 5.41) is 3.22. The summed E-state index contributed by atoms with van der Waals surface area (Å²) in [6.07, 6.45) is 0. The molecular weight excluding hydrogens is 384 g/mol. The predicted octanol–water partition coefficient (Wildman–Crippen LogP) is 3.26. The number of hydrogen-bond acceptors (Lipinski definition) is 4. The van der Waals surface area contributed by atoms with Gasteiger partial charge in [-0.3, -0.25) is 13.7 Å². The lowest BCUT2D eigenvalue weighted by atomic mass is 10.1. The zero-order chi connectivity index (χ0) is 19.2. The minimum Gasteiger partial charge on any atom is -0.291 e. The third-order valence-electron chi connectivity index (χ3n) is 4.71. The van der Waals surface area contributed by atoms with E-state index in [-0.39, 0.29) is 12.2 Å². The molecule has 0 radical (unpaired) electrons. The van der Waals surface area contributed by atoms with Gasteiger partial charge < -0.3 is 0 Å². The number of thiophene rings is 1. The highest BCUT2D eigenvalue weighted by atomic mass is 32.2. The van der Waals surface area contributed by atoms with Crippen LogP contribution in [0.5, 0.6) is 0 Å². The first-order valence-electron chi connectivity index (χ1n) is 8.44. The molecule has 27 heavy (non-hydrogen) atoms. The number of para-hydroxylation sites is 2. The van der Waals surface area contributed by atoms with E-state index in [9.17, 15) is 13.2 Å². The van der Waals surface area contributed by atoms with Crippen LogP contribution in [-0.2, 0) is 23.2 Å². The van der Waals surface area contributed by atoms with E-state index < -0.39 is 15.9 Å². The molecule has 2 aromatic carbocycles. The normalized spacial score (nSPS) is 12.2. The molecule has 0 amide bonds. The molecule has 0 bridgehead atoms. The van der Waals surface area contributed by atoms with Crippen LogP contribution in [0.15, 0.2) is 52.6 Å². The fourth-order valence-electron chi connectivity index (χ4n) is 3.48. The van der Waals surface area contributed by atoms with E-state index in [0.29, 0.717) is 12.1 Å². The summed E-state index contributed by atoms with van der Waals surface area (Å²) in [7, 11) is -4.15. The summed E-state index contributed by atoms with van der Waals surface area (Å²) in [6, 6.07) is 13.4. The Morgan fingerprint density at radius 1 is 1.04 bits per heavy atom. The van der Waals surface area contributed by atoms with Crippen LogP contribution in [-0.4, -0.2) is 27.9 Å². The van der Waals surface area contributed by atoms with E-state index in [2.05, 4.69) is 24.4 Å². The number of aromatic nitrogens is 2. The van der Waals surface area contributed by atoms with Gasteiger partial charge in [0.15, 0.2) is 0 Å². The summed E-state index contributed by atoms with van der Waals surface area (Å²) in [4.78, 5) is 13.0. The van der Waals surface area contributed by atoms with Gasteiger partial charge in [-0.05, 0) is 41.6 Å². The van der Waals surface area contributed by atoms with Crippen LogP contribution in [0.2, 0.25) is 0 Å². The van der Waals surface area contributed by atoms with E-state index in [0.717, 1.165) is 22.0 Å². The van der Waals surface area contributed by atoms with Crippen molar-refractivity contribution >= 4 is 42.6 Å². The van der Waals surface area contributed by atoms with E-state index >= 15 is 0 Å². The molecule has 2 aromatic heterocycles. The second-order valence-electron chi connectivity index (χ2n) is 6.50. The molecular formula is C19H18N2O4S2. The fourth-order valence-corrected chi connectivity index (χ4v) is 4.92. The lowest BCUT2D eigenvalue weighted by molar-refractivity contribution is 0.478. The maximum Gasteiger partial charge on any atom is 0.329 e. The molecule has 1 N–H and O–H groups in total. The van der Waals surface area contributed by atoms with Crippen LogP contribution in [0.1, 0.15) is 11.1 Å². The number of aryl methyl sites for hydroxylation is 2. The number of benzene rings is 2. The maximum absolute atomic E-state index is 13.0. The summed E-state index contributed by atoms with van der Waals surface area (Å²) >= 11 is 1.64. The molecule has 0 saturated heterocycles. The van der Waals surface area contributed by atoms with Gasteiger partial charge >= 0.3 is 5.69 Å². The number of hydrogen-bond donors (Lipinski definition) is 1. The van der Waals surface area contributed by atoms with E-state index in [4.69, 9.17) is 4.55 Å². The molecule has 2 heterocycles. The zero-order valence-corrected chi connectivity index (χ0v) is 16.3. The van der Waals surface area contributed by atoms with Crippen LogP contribution in [0.3, 0.4) is 0 Å². The van der Waals surface area contributed by atoms with E-state index in [1.54, 1.807) is 28.0 Å². The second kappa shape index (κ2) is 6.63. The van der Waals surface area contributed by atoms with E-state index in [1.165, 1.54) is 9.27 Å². The summed E-state index contributed by atoms with van der Waals surface area (Å²) in [5.41, 5.74) is 3.33. The Kier molecular flexibility index (Phi) is 4.41. The molecule has 0 unspecified atom stereocenters. The van der Waals surface area contributed by atoms with Gasteiger partial charge in [-0.15, -0.1) is 11.3 Å². The quantitative estimate of drug-likeness (QED) is 0.520. The van der Waals surface area contributed by atoms with Gasteiger partial charge in [0.1, 0.15) is 0 Å². The molecule has 8 heteroatoms. The van der Waals surface area contributed by atoms with Crippen molar-refractivity contribution in [2.45, 2.75) is 20.0 Å². The Morgan fingerprint density at radius 3 is 2.44 bits per heavy atom. The van der Waals surface area contributed by atoms with Crippen molar-refractivity contribution in [2.75, 3.05) is 5.75 Å². The van der Waals surface area contributed by atoms with Crippen LogP contribution in [0.4, 0.5) is 0 Å². The van der Waals surface area contributed by atoms with Crippen molar-refractivity contribution in [3.8, 4) is 0 Å². The Hall–Kier alpha value is -2.42. The van der Waals surface area contributed by atoms with E-state index in [1.807, 2.05) is 18.2 Å². The van der Waals surface area contributed by atoms with Crippen LogP contribution < -0.4 is 5.69 Å². The minimum absolute atomic E-state index is 0.0887. The molecule has 6 nitrogen and oxygen atoms in total. The Bertz CT molecular complexity index is 1310. The van der Waals surface area contributed by atoms with Crippen molar-refractivity contribution in [2.24, 2.45) is 0 Å². The smallest absolute Gasteiger partial charge is 0.291 e. The lowest BCUT2D eigenvalue weighted by Gasteiger charge is -2.04. The van der Waals surface area contributed by atoms with Gasteiger partial charge in [0.25, 0.3) is 10.1 Å². The van der Waals surface area contributed by atoms with Gasteiger partial charge in [-0.25, -0.2) is 4.79 Å². The fraction of sp³-hybridized carbons (Fsp3) is 0.211. The summed E-state index contributed by atoms with van der Waals surface area (Å²) in [6.45, 7) is 2.37. The molecule has 0 aliphatic carbocycles. The van der Waals surface area contributed by atoms with Crippen LogP contribution in [0, 0.1) is 6.92 Å². The Labute approximate surface area is 160 Å². The molecule has 4 rings (SSSR count). The number of nitrogens with zero attached hydrogens (tertiary/aromatic N) is 2. The van der Waals surface area contributed by atoms with Crippen molar-refractivity contribution in [3.63, 3.8) is 0 Å². The molecule has 4 aromatic rings. The largest absolute Gasteiger partial charge is 0.329 e. The van der Waals surface area contributed by atoms with Gasteiger partial charge in [0.2, 0.25) is 0 Å². The van der Waals surface area contributed by atoms with Crippen molar-refractivity contribution in [1.82, 2.24) is 9.13 Å². The third-order valence-corrected chi connectivity index (χ3v) is 6.41. The molecule has 140 valence electrons. The second-order valence-corrected chi connectivity index (χ2v) is 8.99. The van der Waals surface area contributed by atoms with Crippen molar-refractivity contribution < 1.29 is 13.0 Å². The minimum atomic E-state index is -4.15. The predicted molar refractivity (Wildman–Crippen MR) is 108 cm³/mol. The first-order valence-corrected chi connectivity index (χ1v) is 10.9. The van der Waals surface area contributed by atoms with Gasteiger partial charge in [-0.2, -0.15) is 8.42 Å². The molecule has 0 fully saturated rings. The lowest BCUT2D eigenvalue weighted by Crippen LogP contribution is -2.27. The first kappa shape index (κ1) is 18.0. The van der Waals surface area contributed by atoms with Crippen LogP contribution in [0.25, 0.3) is 21.1 Å². The van der Waals surface area contributed by atoms with Crippen LogP contribution >= 0.6 is 11.3 Å². The number of rotatable bonds is 5. The highest BCUT2D eigenvalue weighted by molar-refractivity contribution is 7.85. The van der Waals surface area contributed by atoms with Gasteiger partial charge in [-0.1, -0.05) is 24.3 Å². The highest BCUT2D eigenvalue weighted by Crippen LogP contribution is 2.29. The average molecular weight is 402 g/mol. The van der Waals surface area contributed by atoms with Gasteiger partial charge in [0, 0.05) is 16.6 Å². The number of imidazole rings is 1. The highest BCUT2D eigenvalue weighted by Gasteiger charge is 2.17. The maximum atomic E-state index is 13.0. The first-order chi connectivity index (χ1) is 12.8. The number of fused-ring (bicyclic) bond motifs is 2. The SMILES string of the molecule is Cc1cccc2scc(Cn3c(=O)n(CCS(=O)(=O)O)c4ccccc43)c12. The van der Waals surface area contributed by atoms with Crippen molar-refractivity contribution in [1.29, 1.82) is 0 Å². The standard InChI is InChI=1S/C19H18N2O4S2/c1-13-5-4-8-17-18(13)14(12-26-17)11-21-16-7-3-2-6-15(16)20(19(21)22)9-10-27(23,24)25/h2-8,12H,9-11H2,1H3,(H,23,24,25). The topological polar surface area (TPSA) is 81.3 Å². The average Bonchev–Trinajstić information content (AvgIpc) is 3.14. The summed E-state index contributed by atoms with van der Waals surface area (Å²) < 4.78 is 35.6. The molecule has 0 atom stereocenters. The molecule has 0 aliphatic rings. The third kappa shape index (κ3) is 3.31. The zero-order valence-electron chi connectivity index (χ0n) is 14.6. The Balaban J connectivity index is 1.84. The van der Waals surface area contributed by atoms with Crippen molar-refractivity contribution in [3.05, 3.63) is 69.5 Å². The molecule has 0 spiro atoms. The monoisotopic (exact) mass is 402 g/mol. The van der Waals surface area contributed by atoms with Gasteiger partial charge in [0.05, 0.1) is 23.3 Å². The summed E-state index contributed by atoms with van der Waals surface area (Å²) in [5.74, 6) is -0.499.